The third-order valence-electron chi connectivity index (χ3n) is 6.84. The van der Waals surface area contributed by atoms with Crippen LogP contribution in [0.5, 0.6) is 0 Å². The van der Waals surface area contributed by atoms with E-state index in [1.165, 1.54) is 19.3 Å². The van der Waals surface area contributed by atoms with E-state index in [2.05, 4.69) is 26.8 Å². The number of esters is 1. The van der Waals surface area contributed by atoms with Crippen molar-refractivity contribution in [3.05, 3.63) is 11.8 Å². The predicted octanol–water partition coefficient (Wildman–Crippen LogP) is 5.38. The van der Waals surface area contributed by atoms with Crippen molar-refractivity contribution in [3.8, 4) is 0 Å². The SMILES string of the molecule is CCCCC(C)(C)CC=C(OC1CCCCO1)[C@@]12C[C@@H](COC)C[C@H]1CC(=O)O2. The van der Waals surface area contributed by atoms with Gasteiger partial charge in [-0.3, -0.25) is 4.79 Å². The Balaban J connectivity index is 1.84. The van der Waals surface area contributed by atoms with E-state index in [-0.39, 0.29) is 23.6 Å². The van der Waals surface area contributed by atoms with Crippen molar-refractivity contribution in [2.75, 3.05) is 20.3 Å². The fraction of sp³-hybridized carbons (Fsp3) is 0.875. The summed E-state index contributed by atoms with van der Waals surface area (Å²) in [4.78, 5) is 12.3. The lowest BCUT2D eigenvalue weighted by Crippen LogP contribution is -2.38. The largest absolute Gasteiger partial charge is 0.465 e. The van der Waals surface area contributed by atoms with Crippen LogP contribution in [0.1, 0.15) is 85.0 Å². The average molecular weight is 409 g/mol. The van der Waals surface area contributed by atoms with Crippen LogP contribution in [-0.4, -0.2) is 38.2 Å². The highest BCUT2D eigenvalue weighted by Crippen LogP contribution is 2.53. The number of ether oxygens (including phenoxy) is 4. The van der Waals surface area contributed by atoms with Crippen molar-refractivity contribution >= 4 is 5.97 Å². The molecule has 0 aromatic carbocycles. The molecule has 5 nitrogen and oxygen atoms in total. The second kappa shape index (κ2) is 9.82. The minimum Gasteiger partial charge on any atom is -0.465 e. The van der Waals surface area contributed by atoms with E-state index < -0.39 is 5.60 Å². The Morgan fingerprint density at radius 2 is 2.17 bits per heavy atom. The molecule has 0 aromatic heterocycles. The summed E-state index contributed by atoms with van der Waals surface area (Å²) in [6.45, 7) is 8.29. The highest BCUT2D eigenvalue weighted by molar-refractivity contribution is 5.74. The van der Waals surface area contributed by atoms with Crippen LogP contribution in [0.4, 0.5) is 0 Å². The highest BCUT2D eigenvalue weighted by atomic mass is 16.7. The van der Waals surface area contributed by atoms with Crippen LogP contribution in [0, 0.1) is 17.3 Å². The molecule has 0 aromatic rings. The molecule has 2 aliphatic heterocycles. The molecular weight excluding hydrogens is 368 g/mol. The maximum Gasteiger partial charge on any atom is 0.307 e. The Kier molecular flexibility index (Phi) is 7.66. The van der Waals surface area contributed by atoms with E-state index in [4.69, 9.17) is 18.9 Å². The van der Waals surface area contributed by atoms with Gasteiger partial charge in [-0.05, 0) is 55.9 Å². The molecule has 0 radical (unpaired) electrons. The van der Waals surface area contributed by atoms with Gasteiger partial charge in [0.2, 0.25) is 0 Å². The summed E-state index contributed by atoms with van der Waals surface area (Å²) in [5.74, 6) is 1.30. The summed E-state index contributed by atoms with van der Waals surface area (Å²) in [5.41, 5.74) is -0.445. The lowest BCUT2D eigenvalue weighted by Gasteiger charge is -2.35. The Morgan fingerprint density at radius 3 is 2.86 bits per heavy atom. The maximum atomic E-state index is 12.3. The van der Waals surface area contributed by atoms with E-state index in [0.717, 1.165) is 50.9 Å². The molecule has 1 saturated carbocycles. The van der Waals surface area contributed by atoms with E-state index in [0.29, 0.717) is 18.9 Å². The third-order valence-corrected chi connectivity index (χ3v) is 6.84. The van der Waals surface area contributed by atoms with Crippen LogP contribution in [-0.2, 0) is 23.7 Å². The molecule has 3 rings (SSSR count). The zero-order valence-electron chi connectivity index (χ0n) is 18.8. The first-order chi connectivity index (χ1) is 13.9. The Bertz CT molecular complexity index is 578. The average Bonchev–Trinajstić information content (AvgIpc) is 3.17. The summed E-state index contributed by atoms with van der Waals surface area (Å²) in [5, 5.41) is 0. The van der Waals surface area contributed by atoms with Crippen LogP contribution < -0.4 is 0 Å². The van der Waals surface area contributed by atoms with Gasteiger partial charge < -0.3 is 18.9 Å². The topological polar surface area (TPSA) is 54.0 Å². The van der Waals surface area contributed by atoms with Gasteiger partial charge in [-0.15, -0.1) is 0 Å². The second-order valence-electron chi connectivity index (χ2n) is 9.98. The number of carbonyl (C=O) groups excluding carboxylic acids is 1. The summed E-state index contributed by atoms with van der Waals surface area (Å²) in [7, 11) is 1.74. The molecule has 3 fully saturated rings. The van der Waals surface area contributed by atoms with E-state index in [1.807, 2.05) is 0 Å². The van der Waals surface area contributed by atoms with Gasteiger partial charge >= 0.3 is 5.97 Å². The molecule has 0 N–H and O–H groups in total. The molecule has 0 bridgehead atoms. The highest BCUT2D eigenvalue weighted by Gasteiger charge is 2.59. The normalized spacial score (nSPS) is 32.9. The number of unbranched alkanes of at least 4 members (excludes halogenated alkanes) is 1. The zero-order valence-corrected chi connectivity index (χ0v) is 18.8. The van der Waals surface area contributed by atoms with Gasteiger partial charge in [0, 0.05) is 26.1 Å². The van der Waals surface area contributed by atoms with Gasteiger partial charge in [0.15, 0.2) is 11.9 Å². The van der Waals surface area contributed by atoms with Crippen molar-refractivity contribution in [2.45, 2.75) is 96.9 Å². The van der Waals surface area contributed by atoms with Crippen LogP contribution in [0.2, 0.25) is 0 Å². The van der Waals surface area contributed by atoms with Crippen molar-refractivity contribution in [2.24, 2.45) is 17.3 Å². The molecule has 0 amide bonds. The smallest absolute Gasteiger partial charge is 0.307 e. The van der Waals surface area contributed by atoms with Crippen LogP contribution in [0.15, 0.2) is 11.8 Å². The van der Waals surface area contributed by atoms with E-state index in [1.54, 1.807) is 7.11 Å². The predicted molar refractivity (Wildman–Crippen MR) is 112 cm³/mol. The van der Waals surface area contributed by atoms with Gasteiger partial charge in [-0.1, -0.05) is 33.6 Å². The second-order valence-corrected chi connectivity index (χ2v) is 9.98. The molecule has 2 heterocycles. The lowest BCUT2D eigenvalue weighted by molar-refractivity contribution is -0.172. The number of allylic oxidation sites excluding steroid dienone is 1. The van der Waals surface area contributed by atoms with Gasteiger partial charge in [-0.2, -0.15) is 0 Å². The molecule has 166 valence electrons. The summed E-state index contributed by atoms with van der Waals surface area (Å²) in [6.07, 6.45) is 11.8. The molecule has 3 aliphatic rings. The molecule has 2 saturated heterocycles. The number of hydrogen-bond donors (Lipinski definition) is 0. The monoisotopic (exact) mass is 408 g/mol. The lowest BCUT2D eigenvalue weighted by atomic mass is 9.82. The van der Waals surface area contributed by atoms with E-state index in [9.17, 15) is 4.79 Å². The fourth-order valence-corrected chi connectivity index (χ4v) is 5.20. The standard InChI is InChI=1S/C24H40O5/c1-5-6-11-23(2,3)12-10-20(28-22-9-7-8-13-27-22)24-16-18(17-26-4)14-19(24)15-21(25)29-24/h10,18-19,22H,5-9,11-17H2,1-4H3/t18-,19-,22?,24+/m0/s1. The quantitative estimate of drug-likeness (QED) is 0.359. The molecule has 5 heteroatoms. The minimum atomic E-state index is -0.637. The molecule has 0 spiro atoms. The van der Waals surface area contributed by atoms with Gasteiger partial charge in [0.1, 0.15) is 5.76 Å². The number of rotatable bonds is 10. The number of carbonyl (C=O) groups is 1. The van der Waals surface area contributed by atoms with Gasteiger partial charge in [-0.25, -0.2) is 0 Å². The Morgan fingerprint density at radius 1 is 1.34 bits per heavy atom. The van der Waals surface area contributed by atoms with Crippen molar-refractivity contribution in [1.29, 1.82) is 0 Å². The molecule has 4 atom stereocenters. The van der Waals surface area contributed by atoms with Gasteiger partial charge in [0.05, 0.1) is 13.0 Å². The van der Waals surface area contributed by atoms with Crippen LogP contribution in [0.3, 0.4) is 0 Å². The number of hydrogen-bond acceptors (Lipinski definition) is 5. The van der Waals surface area contributed by atoms with Crippen LogP contribution in [0.25, 0.3) is 0 Å². The van der Waals surface area contributed by atoms with Crippen molar-refractivity contribution in [3.63, 3.8) is 0 Å². The third kappa shape index (κ3) is 5.55. The van der Waals surface area contributed by atoms with Crippen LogP contribution >= 0.6 is 0 Å². The Hall–Kier alpha value is -1.07. The van der Waals surface area contributed by atoms with Gasteiger partial charge in [0.25, 0.3) is 0 Å². The number of methoxy groups -OCH3 is 1. The first-order valence-electron chi connectivity index (χ1n) is 11.6. The summed E-state index contributed by atoms with van der Waals surface area (Å²) >= 11 is 0. The Labute approximate surface area is 176 Å². The maximum absolute atomic E-state index is 12.3. The number of fused-ring (bicyclic) bond motifs is 1. The molecule has 1 unspecified atom stereocenters. The van der Waals surface area contributed by atoms with Crippen molar-refractivity contribution in [1.82, 2.24) is 0 Å². The minimum absolute atomic E-state index is 0.102. The summed E-state index contributed by atoms with van der Waals surface area (Å²) in [6, 6.07) is 0. The molecule has 1 aliphatic carbocycles. The first kappa shape index (κ1) is 22.6. The van der Waals surface area contributed by atoms with E-state index >= 15 is 0 Å². The fourth-order valence-electron chi connectivity index (χ4n) is 5.20. The first-order valence-corrected chi connectivity index (χ1v) is 11.6. The summed E-state index contributed by atoms with van der Waals surface area (Å²) < 4.78 is 23.8. The molecular formula is C24H40O5. The van der Waals surface area contributed by atoms with Crippen molar-refractivity contribution < 1.29 is 23.7 Å². The molecule has 29 heavy (non-hydrogen) atoms. The zero-order chi connectivity index (χ0) is 20.9.